The van der Waals surface area contributed by atoms with Gasteiger partial charge in [-0.25, -0.2) is 0 Å². The van der Waals surface area contributed by atoms with Crippen molar-refractivity contribution in [2.45, 2.75) is 169 Å². The lowest BCUT2D eigenvalue weighted by Gasteiger charge is -2.47. The highest BCUT2D eigenvalue weighted by atomic mass is 16.6. The van der Waals surface area contributed by atoms with E-state index < -0.39 is 23.3 Å². The van der Waals surface area contributed by atoms with Crippen LogP contribution in [0.3, 0.4) is 0 Å². The molecule has 0 atom stereocenters. The average Bonchev–Trinajstić information content (AvgIpc) is 2.73. The molecular formula is C36H60N2O5. The van der Waals surface area contributed by atoms with Gasteiger partial charge in [0.2, 0.25) is 0 Å². The van der Waals surface area contributed by atoms with Crippen molar-refractivity contribution in [3.63, 3.8) is 0 Å². The molecule has 2 saturated heterocycles. The van der Waals surface area contributed by atoms with Crippen LogP contribution in [0.4, 0.5) is 0 Å². The molecule has 3 rings (SSSR count). The molecule has 0 spiro atoms. The molecule has 2 aliphatic heterocycles. The van der Waals surface area contributed by atoms with E-state index >= 15 is 0 Å². The van der Waals surface area contributed by atoms with Gasteiger partial charge in [-0.1, -0.05) is 46.8 Å². The lowest BCUT2D eigenvalue weighted by molar-refractivity contribution is -0.186. The van der Waals surface area contributed by atoms with E-state index in [0.717, 1.165) is 11.1 Å². The minimum absolute atomic E-state index is 0.127. The van der Waals surface area contributed by atoms with Gasteiger partial charge in [-0.15, -0.1) is 0 Å². The molecule has 1 aromatic rings. The van der Waals surface area contributed by atoms with Crippen LogP contribution in [-0.4, -0.2) is 51.4 Å². The summed E-state index contributed by atoms with van der Waals surface area (Å²) >= 11 is 0. The predicted octanol–water partition coefficient (Wildman–Crippen LogP) is 6.89. The van der Waals surface area contributed by atoms with Gasteiger partial charge in [0, 0.05) is 47.8 Å². The van der Waals surface area contributed by atoms with Crippen LogP contribution in [0.5, 0.6) is 5.75 Å². The van der Waals surface area contributed by atoms with Gasteiger partial charge in [-0.05, 0) is 96.8 Å². The maximum atomic E-state index is 14.6. The van der Waals surface area contributed by atoms with E-state index in [1.54, 1.807) is 0 Å². The molecule has 0 aliphatic carbocycles. The van der Waals surface area contributed by atoms with Crippen LogP contribution in [0.1, 0.15) is 132 Å². The van der Waals surface area contributed by atoms with E-state index in [-0.39, 0.29) is 51.9 Å². The first-order valence-electron chi connectivity index (χ1n) is 16.1. The number of carbonyl (C=O) groups excluding carboxylic acids is 2. The normalized spacial score (nSPS) is 22.3. The highest BCUT2D eigenvalue weighted by molar-refractivity contribution is 6.01. The third-order valence-electron chi connectivity index (χ3n) is 9.22. The Labute approximate surface area is 261 Å². The molecule has 2 aliphatic rings. The Morgan fingerprint density at radius 3 is 1.51 bits per heavy atom. The summed E-state index contributed by atoms with van der Waals surface area (Å²) in [6.07, 6.45) is 2.04. The zero-order valence-electron chi connectivity index (χ0n) is 29.5. The van der Waals surface area contributed by atoms with Gasteiger partial charge in [0.05, 0.1) is 0 Å². The lowest BCUT2D eigenvalue weighted by Crippen LogP contribution is -2.61. The topological polar surface area (TPSA) is 96.9 Å². The van der Waals surface area contributed by atoms with E-state index in [0.29, 0.717) is 31.2 Å². The van der Waals surface area contributed by atoms with E-state index in [2.05, 4.69) is 66.0 Å². The number of aryl methyl sites for hydroxylation is 1. The molecule has 244 valence electrons. The number of rotatable bonds is 7. The van der Waals surface area contributed by atoms with Crippen molar-refractivity contribution in [2.75, 3.05) is 0 Å². The highest BCUT2D eigenvalue weighted by Crippen LogP contribution is 2.42. The summed E-state index contributed by atoms with van der Waals surface area (Å²) in [5.41, 5.74) is -0.492. The number of nitrogens with one attached hydrogen (secondary N) is 2. The maximum Gasteiger partial charge on any atom is 0.324 e. The van der Waals surface area contributed by atoms with E-state index in [9.17, 15) is 14.7 Å². The summed E-state index contributed by atoms with van der Waals surface area (Å²) < 4.78 is 12.7. The van der Waals surface area contributed by atoms with E-state index in [1.807, 2.05) is 53.7 Å². The number of phenols is 1. The third kappa shape index (κ3) is 8.33. The number of esters is 2. The number of phenolic OH excluding ortho intramolecular Hbond substituents is 1. The molecule has 2 fully saturated rings. The second-order valence-electron chi connectivity index (χ2n) is 17.5. The van der Waals surface area contributed by atoms with Crippen molar-refractivity contribution < 1.29 is 24.2 Å². The molecule has 3 N–H and O–H groups in total. The highest BCUT2D eigenvalue weighted by Gasteiger charge is 2.54. The number of carbonyl (C=O) groups is 2. The summed E-state index contributed by atoms with van der Waals surface area (Å²) in [7, 11) is 0. The average molecular weight is 601 g/mol. The number of benzene rings is 1. The number of ether oxygens (including phenoxy) is 2. The van der Waals surface area contributed by atoms with Gasteiger partial charge in [0.25, 0.3) is 0 Å². The van der Waals surface area contributed by atoms with Gasteiger partial charge in [-0.2, -0.15) is 0 Å². The molecule has 1 aromatic carbocycles. The fourth-order valence-corrected chi connectivity index (χ4v) is 7.89. The van der Waals surface area contributed by atoms with Crippen molar-refractivity contribution >= 4 is 11.9 Å². The summed E-state index contributed by atoms with van der Waals surface area (Å²) in [5.74, 6) is -1.21. The minimum atomic E-state index is -1.56. The van der Waals surface area contributed by atoms with Gasteiger partial charge in [0.1, 0.15) is 18.0 Å². The van der Waals surface area contributed by atoms with Crippen LogP contribution >= 0.6 is 0 Å². The first kappa shape index (κ1) is 35.4. The zero-order chi connectivity index (χ0) is 33.0. The summed E-state index contributed by atoms with van der Waals surface area (Å²) in [6, 6.07) is 3.82. The Hall–Kier alpha value is -2.12. The smallest absolute Gasteiger partial charge is 0.324 e. The molecule has 43 heavy (non-hydrogen) atoms. The third-order valence-corrected chi connectivity index (χ3v) is 9.22. The molecule has 0 amide bonds. The molecule has 7 nitrogen and oxygen atoms in total. The molecule has 2 heterocycles. The number of hydrogen-bond acceptors (Lipinski definition) is 7. The van der Waals surface area contributed by atoms with Crippen molar-refractivity contribution in [1.29, 1.82) is 0 Å². The van der Waals surface area contributed by atoms with Gasteiger partial charge >= 0.3 is 11.9 Å². The molecule has 0 aromatic heterocycles. The number of aromatic hydroxyl groups is 1. The quantitative estimate of drug-likeness (QED) is 0.232. The Bertz CT molecular complexity index is 1120. The second kappa shape index (κ2) is 11.7. The molecule has 0 bridgehead atoms. The zero-order valence-corrected chi connectivity index (χ0v) is 29.5. The Balaban J connectivity index is 2.09. The first-order valence-corrected chi connectivity index (χ1v) is 16.1. The monoisotopic (exact) mass is 600 g/mol. The fraction of sp³-hybridized carbons (Fsp3) is 0.778. The summed E-state index contributed by atoms with van der Waals surface area (Å²) in [5, 5.41) is 18.2. The van der Waals surface area contributed by atoms with Crippen molar-refractivity contribution in [3.8, 4) is 5.75 Å². The molecule has 7 heteroatoms. The van der Waals surface area contributed by atoms with E-state index in [4.69, 9.17) is 9.47 Å². The summed E-state index contributed by atoms with van der Waals surface area (Å²) in [6.45, 7) is 28.8. The predicted molar refractivity (Wildman–Crippen MR) is 173 cm³/mol. The van der Waals surface area contributed by atoms with Crippen LogP contribution in [0.2, 0.25) is 0 Å². The van der Waals surface area contributed by atoms with Crippen LogP contribution < -0.4 is 10.6 Å². The van der Waals surface area contributed by atoms with Crippen LogP contribution in [0.15, 0.2) is 12.1 Å². The molecule has 0 saturated carbocycles. The molecular weight excluding hydrogens is 540 g/mol. The lowest BCUT2D eigenvalue weighted by atomic mass is 9.71. The van der Waals surface area contributed by atoms with Gasteiger partial charge < -0.3 is 25.2 Å². The van der Waals surface area contributed by atoms with Crippen molar-refractivity contribution in [2.24, 2.45) is 11.3 Å². The Morgan fingerprint density at radius 1 is 0.814 bits per heavy atom. The maximum absolute atomic E-state index is 14.6. The number of hydrogen-bond donors (Lipinski definition) is 3. The molecule has 0 radical (unpaired) electrons. The fourth-order valence-electron chi connectivity index (χ4n) is 7.89. The summed E-state index contributed by atoms with van der Waals surface area (Å²) in [4.78, 5) is 29.1. The van der Waals surface area contributed by atoms with Crippen LogP contribution in [0.25, 0.3) is 0 Å². The minimum Gasteiger partial charge on any atom is -0.507 e. The Kier molecular flexibility index (Phi) is 9.59. The van der Waals surface area contributed by atoms with Crippen molar-refractivity contribution in [1.82, 2.24) is 10.6 Å². The second-order valence-corrected chi connectivity index (χ2v) is 17.5. The largest absolute Gasteiger partial charge is 0.507 e. The first-order chi connectivity index (χ1) is 19.3. The standard InChI is InChI=1S/C36H60N2O5/c1-22(2)36(17-24-15-23(3)28(39)27(16-24)31(4,5)6,29(40)42-25-18-32(7,8)37-33(9,10)19-25)30(41)43-26-20-34(11,12)38-35(13,14)21-26/h15-16,22,25-26,37-39H,17-21H2,1-14H3. The Morgan fingerprint density at radius 2 is 1.19 bits per heavy atom. The van der Waals surface area contributed by atoms with Crippen LogP contribution in [0, 0.1) is 18.3 Å². The van der Waals surface area contributed by atoms with Crippen LogP contribution in [-0.2, 0) is 30.9 Å². The molecule has 0 unspecified atom stereocenters. The van der Waals surface area contributed by atoms with Gasteiger partial charge in [-0.3, -0.25) is 9.59 Å². The van der Waals surface area contributed by atoms with E-state index in [1.165, 1.54) is 0 Å². The SMILES string of the molecule is Cc1cc(CC(C(=O)OC2CC(C)(C)NC(C)(C)C2)(C(=O)OC2CC(C)(C)NC(C)(C)C2)C(C)C)cc(C(C)(C)C)c1O. The van der Waals surface area contributed by atoms with Gasteiger partial charge in [0.15, 0.2) is 5.41 Å². The van der Waals surface area contributed by atoms with Crippen molar-refractivity contribution in [3.05, 3.63) is 28.8 Å². The number of piperidine rings is 2.